The van der Waals surface area contributed by atoms with E-state index in [1.807, 2.05) is 32.0 Å². The lowest BCUT2D eigenvalue weighted by molar-refractivity contribution is -0.128. The molecule has 1 N–H and O–H groups in total. The van der Waals surface area contributed by atoms with Crippen LogP contribution in [0.25, 0.3) is 0 Å². The quantitative estimate of drug-likeness (QED) is 0.809. The molecule has 7 heteroatoms. The fourth-order valence-electron chi connectivity index (χ4n) is 3.66. The van der Waals surface area contributed by atoms with Gasteiger partial charge in [0.25, 0.3) is 0 Å². The van der Waals surface area contributed by atoms with E-state index in [-0.39, 0.29) is 18.2 Å². The van der Waals surface area contributed by atoms with Crippen molar-refractivity contribution in [1.82, 2.24) is 4.90 Å². The van der Waals surface area contributed by atoms with Crippen LogP contribution in [0.1, 0.15) is 28.7 Å². The number of nitrogens with zero attached hydrogens (tertiary/aromatic N) is 3. The van der Waals surface area contributed by atoms with Gasteiger partial charge in [-0.2, -0.15) is 0 Å². The number of thioether (sulfide) groups is 1. The molecule has 4 rings (SSSR count). The number of hydrogen-bond acceptors (Lipinski definition) is 5. The summed E-state index contributed by atoms with van der Waals surface area (Å²) in [4.78, 5) is 33.9. The number of hydrogen-bond donors (Lipinski definition) is 1. The third-order valence-corrected chi connectivity index (χ3v) is 6.80. The minimum Gasteiger partial charge on any atom is -0.334 e. The summed E-state index contributed by atoms with van der Waals surface area (Å²) in [6.07, 6.45) is 0.135. The molecule has 0 saturated carbocycles. The summed E-state index contributed by atoms with van der Waals surface area (Å²) < 4.78 is 0. The highest BCUT2D eigenvalue weighted by Gasteiger charge is 2.41. The Morgan fingerprint density at radius 2 is 1.90 bits per heavy atom. The van der Waals surface area contributed by atoms with Crippen LogP contribution >= 0.6 is 11.8 Å². The summed E-state index contributed by atoms with van der Waals surface area (Å²) in [6.45, 7) is 9.12. The number of amidine groups is 1. The van der Waals surface area contributed by atoms with Crippen LogP contribution < -0.4 is 10.2 Å². The molecular formula is C23H26N4O2S. The standard InChI is InChI=1S/C23H26N4O2S/c1-14-5-8-19(17(4)9-14)25-21(28)11-20-22(29)27-13-26(12-24-23(27)30-20)18-7-6-15(2)16(3)10-18/h5-10,20H,11-13H2,1-4H3,(H,25,28)/t20-/m1/s1. The molecule has 2 aromatic rings. The number of aliphatic imine (C=N–C) groups is 1. The van der Waals surface area contributed by atoms with E-state index in [0.717, 1.165) is 22.5 Å². The van der Waals surface area contributed by atoms with E-state index < -0.39 is 5.25 Å². The van der Waals surface area contributed by atoms with Gasteiger partial charge in [-0.3, -0.25) is 14.5 Å². The number of carbonyl (C=O) groups excluding carboxylic acids is 2. The molecule has 1 saturated heterocycles. The van der Waals surface area contributed by atoms with Crippen LogP contribution in [0.2, 0.25) is 0 Å². The van der Waals surface area contributed by atoms with Crippen LogP contribution in [0.15, 0.2) is 41.4 Å². The molecule has 2 amide bonds. The van der Waals surface area contributed by atoms with Gasteiger partial charge in [-0.15, -0.1) is 0 Å². The molecule has 6 nitrogen and oxygen atoms in total. The van der Waals surface area contributed by atoms with E-state index in [0.29, 0.717) is 18.5 Å². The zero-order valence-electron chi connectivity index (χ0n) is 17.7. The van der Waals surface area contributed by atoms with Crippen LogP contribution in [0.3, 0.4) is 0 Å². The number of fused-ring (bicyclic) bond motifs is 1. The van der Waals surface area contributed by atoms with Crippen molar-refractivity contribution >= 4 is 40.1 Å². The van der Waals surface area contributed by atoms with E-state index in [4.69, 9.17) is 0 Å². The van der Waals surface area contributed by atoms with E-state index in [1.54, 1.807) is 4.90 Å². The third-order valence-electron chi connectivity index (χ3n) is 5.59. The maximum absolute atomic E-state index is 13.0. The highest BCUT2D eigenvalue weighted by molar-refractivity contribution is 8.15. The van der Waals surface area contributed by atoms with Crippen molar-refractivity contribution in [2.75, 3.05) is 23.6 Å². The van der Waals surface area contributed by atoms with Crippen molar-refractivity contribution in [2.45, 2.75) is 39.4 Å². The van der Waals surface area contributed by atoms with Crippen LogP contribution in [0, 0.1) is 27.7 Å². The molecule has 2 aromatic carbocycles. The zero-order valence-corrected chi connectivity index (χ0v) is 18.5. The van der Waals surface area contributed by atoms with Crippen molar-refractivity contribution in [3.8, 4) is 0 Å². The van der Waals surface area contributed by atoms with Crippen LogP contribution in [0.5, 0.6) is 0 Å². The molecule has 2 aliphatic heterocycles. The molecule has 2 aliphatic rings. The molecule has 0 spiro atoms. The molecule has 0 bridgehead atoms. The van der Waals surface area contributed by atoms with Crippen molar-refractivity contribution in [1.29, 1.82) is 0 Å². The van der Waals surface area contributed by atoms with Gasteiger partial charge in [0.2, 0.25) is 11.8 Å². The average Bonchev–Trinajstić information content (AvgIpc) is 3.01. The second kappa shape index (κ2) is 8.14. The summed E-state index contributed by atoms with van der Waals surface area (Å²) in [6, 6.07) is 12.2. The van der Waals surface area contributed by atoms with E-state index in [2.05, 4.69) is 47.3 Å². The molecule has 0 aliphatic carbocycles. The fraction of sp³-hybridized carbons (Fsp3) is 0.348. The van der Waals surface area contributed by atoms with Crippen LogP contribution in [-0.2, 0) is 9.59 Å². The Hall–Kier alpha value is -2.80. The van der Waals surface area contributed by atoms with Gasteiger partial charge in [0.05, 0.1) is 0 Å². The number of anilines is 2. The largest absolute Gasteiger partial charge is 0.334 e. The summed E-state index contributed by atoms with van der Waals surface area (Å²) in [5, 5.41) is 3.22. The van der Waals surface area contributed by atoms with E-state index in [1.165, 1.54) is 22.9 Å². The lowest BCUT2D eigenvalue weighted by Gasteiger charge is -2.32. The van der Waals surface area contributed by atoms with E-state index in [9.17, 15) is 9.59 Å². The van der Waals surface area contributed by atoms with Gasteiger partial charge < -0.3 is 10.2 Å². The molecule has 0 unspecified atom stereocenters. The minimum atomic E-state index is -0.436. The van der Waals surface area contributed by atoms with Crippen molar-refractivity contribution in [3.05, 3.63) is 58.7 Å². The van der Waals surface area contributed by atoms with Crippen LogP contribution in [0.4, 0.5) is 11.4 Å². The van der Waals surface area contributed by atoms with Crippen molar-refractivity contribution < 1.29 is 9.59 Å². The summed E-state index contributed by atoms with van der Waals surface area (Å²) >= 11 is 1.39. The SMILES string of the molecule is Cc1ccc(NC(=O)C[C@H]2SC3=NCN(c4ccc(C)c(C)c4)CN3C2=O)c(C)c1. The number of aryl methyl sites for hydroxylation is 4. The first-order valence-corrected chi connectivity index (χ1v) is 10.9. The maximum Gasteiger partial charge on any atom is 0.244 e. The normalized spacial score (nSPS) is 18.3. The van der Waals surface area contributed by atoms with E-state index >= 15 is 0 Å². The van der Waals surface area contributed by atoms with Gasteiger partial charge in [0.1, 0.15) is 18.6 Å². The first-order chi connectivity index (χ1) is 14.3. The van der Waals surface area contributed by atoms with Crippen LogP contribution in [-0.4, -0.2) is 40.5 Å². The predicted octanol–water partition coefficient (Wildman–Crippen LogP) is 3.98. The van der Waals surface area contributed by atoms with Gasteiger partial charge in [-0.05, 0) is 62.6 Å². The minimum absolute atomic E-state index is 0.0527. The Balaban J connectivity index is 1.41. The second-order valence-electron chi connectivity index (χ2n) is 7.98. The van der Waals surface area contributed by atoms with Crippen molar-refractivity contribution in [3.63, 3.8) is 0 Å². The predicted molar refractivity (Wildman–Crippen MR) is 123 cm³/mol. The molecule has 156 valence electrons. The monoisotopic (exact) mass is 422 g/mol. The van der Waals surface area contributed by atoms with Gasteiger partial charge in [0, 0.05) is 17.8 Å². The number of benzene rings is 2. The maximum atomic E-state index is 13.0. The Bertz CT molecular complexity index is 1050. The number of carbonyl (C=O) groups is 2. The van der Waals surface area contributed by atoms with Gasteiger partial charge in [-0.1, -0.05) is 35.5 Å². The van der Waals surface area contributed by atoms with Crippen molar-refractivity contribution in [2.24, 2.45) is 4.99 Å². The number of amides is 2. The molecule has 1 atom stereocenters. The molecule has 1 fully saturated rings. The van der Waals surface area contributed by atoms with Gasteiger partial charge in [0.15, 0.2) is 5.17 Å². The zero-order chi connectivity index (χ0) is 21.4. The number of rotatable bonds is 4. The molecule has 0 aromatic heterocycles. The Labute approximate surface area is 181 Å². The first-order valence-electron chi connectivity index (χ1n) is 10.0. The molecular weight excluding hydrogens is 396 g/mol. The Morgan fingerprint density at radius 3 is 2.63 bits per heavy atom. The molecule has 2 heterocycles. The molecule has 0 radical (unpaired) electrons. The Kier molecular flexibility index (Phi) is 5.56. The topological polar surface area (TPSA) is 65.0 Å². The second-order valence-corrected chi connectivity index (χ2v) is 9.15. The lowest BCUT2D eigenvalue weighted by atomic mass is 10.1. The van der Waals surface area contributed by atoms with Gasteiger partial charge in [-0.25, -0.2) is 4.99 Å². The highest BCUT2D eigenvalue weighted by Crippen LogP contribution is 2.33. The first kappa shape index (κ1) is 20.5. The number of nitrogens with one attached hydrogen (secondary N) is 1. The Morgan fingerprint density at radius 1 is 1.10 bits per heavy atom. The summed E-state index contributed by atoms with van der Waals surface area (Å²) in [7, 11) is 0. The van der Waals surface area contributed by atoms with Gasteiger partial charge >= 0.3 is 0 Å². The smallest absolute Gasteiger partial charge is 0.244 e. The molecule has 30 heavy (non-hydrogen) atoms. The third kappa shape index (κ3) is 4.07. The average molecular weight is 423 g/mol. The summed E-state index contributed by atoms with van der Waals surface area (Å²) in [5.41, 5.74) is 6.45. The highest BCUT2D eigenvalue weighted by atomic mass is 32.2. The summed E-state index contributed by atoms with van der Waals surface area (Å²) in [5.74, 6) is -0.206. The lowest BCUT2D eigenvalue weighted by Crippen LogP contribution is -2.46. The fourth-order valence-corrected chi connectivity index (χ4v) is 4.79.